The van der Waals surface area contributed by atoms with E-state index in [1.165, 1.54) is 6.07 Å². The average molecular weight is 455 g/mol. The molecule has 0 amide bonds. The van der Waals surface area contributed by atoms with Gasteiger partial charge in [-0.05, 0) is 44.7 Å². The standard InChI is InChI=1S/C17H30N2O6S3/c1-3-7-19-15-11-13(6-4-9-25-10-5-8-24-2)27(20,21)17-14(15)12-16(26-17)28(18,22)23/h12-13,15,19H,3-11H2,1-2H3,(H2,18,22,23). The number of thiophene rings is 1. The van der Waals surface area contributed by atoms with Gasteiger partial charge in [-0.1, -0.05) is 6.92 Å². The number of methoxy groups -OCH3 is 1. The van der Waals surface area contributed by atoms with Crippen LogP contribution in [0, 0.1) is 0 Å². The van der Waals surface area contributed by atoms with Crippen LogP contribution in [0.4, 0.5) is 0 Å². The molecule has 0 bridgehead atoms. The molecule has 0 fully saturated rings. The average Bonchev–Trinajstić information content (AvgIpc) is 3.09. The van der Waals surface area contributed by atoms with Crippen molar-refractivity contribution in [2.75, 3.05) is 33.5 Å². The molecule has 1 aromatic heterocycles. The van der Waals surface area contributed by atoms with E-state index in [-0.39, 0.29) is 14.5 Å². The van der Waals surface area contributed by atoms with Crippen LogP contribution in [0.15, 0.2) is 14.5 Å². The highest BCUT2D eigenvalue weighted by atomic mass is 32.3. The Labute approximate surface area is 171 Å². The van der Waals surface area contributed by atoms with Gasteiger partial charge in [0.1, 0.15) is 8.42 Å². The second-order valence-electron chi connectivity index (χ2n) is 6.86. The molecule has 2 rings (SSSR count). The normalized spacial score (nSPS) is 21.5. The van der Waals surface area contributed by atoms with E-state index in [2.05, 4.69) is 5.32 Å². The Bertz CT molecular complexity index is 835. The van der Waals surface area contributed by atoms with Crippen molar-refractivity contribution >= 4 is 31.2 Å². The Hall–Kier alpha value is -0.560. The van der Waals surface area contributed by atoms with E-state index in [1.807, 2.05) is 6.92 Å². The highest BCUT2D eigenvalue weighted by molar-refractivity contribution is 7.95. The monoisotopic (exact) mass is 454 g/mol. The van der Waals surface area contributed by atoms with Gasteiger partial charge in [-0.2, -0.15) is 0 Å². The summed E-state index contributed by atoms with van der Waals surface area (Å²) < 4.78 is 60.1. The van der Waals surface area contributed by atoms with E-state index in [9.17, 15) is 16.8 Å². The first-order valence-corrected chi connectivity index (χ1v) is 13.3. The fourth-order valence-corrected chi connectivity index (χ4v) is 7.99. The minimum Gasteiger partial charge on any atom is -0.385 e. The van der Waals surface area contributed by atoms with E-state index in [0.29, 0.717) is 44.6 Å². The minimum absolute atomic E-state index is 0.105. The van der Waals surface area contributed by atoms with Crippen molar-refractivity contribution in [3.8, 4) is 0 Å². The van der Waals surface area contributed by atoms with Crippen LogP contribution >= 0.6 is 11.3 Å². The number of ether oxygens (including phenoxy) is 2. The van der Waals surface area contributed by atoms with Gasteiger partial charge in [0.25, 0.3) is 0 Å². The number of hydrogen-bond acceptors (Lipinski definition) is 8. The van der Waals surface area contributed by atoms with Crippen LogP contribution in [0.25, 0.3) is 0 Å². The fourth-order valence-electron chi connectivity index (χ4n) is 3.24. The van der Waals surface area contributed by atoms with Crippen molar-refractivity contribution in [1.82, 2.24) is 5.32 Å². The van der Waals surface area contributed by atoms with Gasteiger partial charge in [0.15, 0.2) is 9.84 Å². The van der Waals surface area contributed by atoms with Crippen LogP contribution in [-0.2, 0) is 29.3 Å². The van der Waals surface area contributed by atoms with Crippen molar-refractivity contribution in [3.05, 3.63) is 11.6 Å². The molecule has 8 nitrogen and oxygen atoms in total. The summed E-state index contributed by atoms with van der Waals surface area (Å²) in [7, 11) is -5.91. The molecule has 0 aliphatic carbocycles. The summed E-state index contributed by atoms with van der Waals surface area (Å²) in [5.74, 6) is 0. The van der Waals surface area contributed by atoms with Crippen molar-refractivity contribution < 1.29 is 26.3 Å². The summed E-state index contributed by atoms with van der Waals surface area (Å²) in [5, 5.41) is 8.01. The number of nitrogens with two attached hydrogens (primary N) is 1. The van der Waals surface area contributed by atoms with Crippen LogP contribution in [0.5, 0.6) is 0 Å². The lowest BCUT2D eigenvalue weighted by molar-refractivity contribution is 0.100. The van der Waals surface area contributed by atoms with E-state index < -0.39 is 25.1 Å². The topological polar surface area (TPSA) is 125 Å². The minimum atomic E-state index is -3.94. The number of rotatable bonds is 12. The van der Waals surface area contributed by atoms with E-state index in [0.717, 1.165) is 30.7 Å². The maximum atomic E-state index is 13.1. The first-order chi connectivity index (χ1) is 13.2. The Morgan fingerprint density at radius 2 is 2.00 bits per heavy atom. The number of sulfonamides is 1. The second-order valence-corrected chi connectivity index (χ2v) is 12.1. The predicted molar refractivity (Wildman–Crippen MR) is 109 cm³/mol. The molecule has 0 saturated heterocycles. The molecule has 0 saturated carbocycles. The van der Waals surface area contributed by atoms with Gasteiger partial charge in [0.2, 0.25) is 10.0 Å². The molecule has 1 aliphatic rings. The third-order valence-corrected chi connectivity index (χ3v) is 10.0. The Balaban J connectivity index is 2.13. The summed E-state index contributed by atoms with van der Waals surface area (Å²) in [4.78, 5) is 0. The lowest BCUT2D eigenvalue weighted by Crippen LogP contribution is -2.35. The van der Waals surface area contributed by atoms with Crippen molar-refractivity contribution in [2.24, 2.45) is 5.14 Å². The SMILES string of the molecule is CCCNC1CC(CCCOCCCOC)S(=O)(=O)c2sc(S(N)(=O)=O)cc21. The Kier molecular flexibility index (Phi) is 8.86. The molecule has 0 aromatic carbocycles. The van der Waals surface area contributed by atoms with Crippen LogP contribution in [0.1, 0.15) is 50.6 Å². The van der Waals surface area contributed by atoms with Gasteiger partial charge in [0.05, 0.1) is 5.25 Å². The molecule has 3 N–H and O–H groups in total. The molecule has 2 atom stereocenters. The first kappa shape index (κ1) is 23.7. The highest BCUT2D eigenvalue weighted by Gasteiger charge is 2.41. The Morgan fingerprint density at radius 1 is 1.29 bits per heavy atom. The summed E-state index contributed by atoms with van der Waals surface area (Å²) in [6.07, 6.45) is 3.21. The van der Waals surface area contributed by atoms with Crippen molar-refractivity contribution in [2.45, 2.75) is 58.7 Å². The highest BCUT2D eigenvalue weighted by Crippen LogP contribution is 2.43. The molecule has 11 heteroatoms. The van der Waals surface area contributed by atoms with Gasteiger partial charge >= 0.3 is 0 Å². The second kappa shape index (κ2) is 10.5. The number of sulfone groups is 1. The third-order valence-electron chi connectivity index (χ3n) is 4.65. The van der Waals surface area contributed by atoms with Crippen LogP contribution in [-0.4, -0.2) is 55.6 Å². The zero-order chi connectivity index (χ0) is 20.8. The smallest absolute Gasteiger partial charge is 0.247 e. The molecule has 1 aromatic rings. The van der Waals surface area contributed by atoms with Gasteiger partial charge in [-0.3, -0.25) is 0 Å². The van der Waals surface area contributed by atoms with E-state index in [4.69, 9.17) is 14.6 Å². The lowest BCUT2D eigenvalue weighted by Gasteiger charge is -2.30. The molecule has 2 unspecified atom stereocenters. The molecule has 1 aliphatic heterocycles. The maximum absolute atomic E-state index is 13.1. The summed E-state index contributed by atoms with van der Waals surface area (Å²) in [5.41, 5.74) is 0.523. The van der Waals surface area contributed by atoms with E-state index >= 15 is 0 Å². The van der Waals surface area contributed by atoms with Gasteiger partial charge in [-0.15, -0.1) is 11.3 Å². The number of hydrogen-bond donors (Lipinski definition) is 2. The summed E-state index contributed by atoms with van der Waals surface area (Å²) in [6.45, 7) is 4.45. The summed E-state index contributed by atoms with van der Waals surface area (Å²) in [6, 6.07) is 1.22. The van der Waals surface area contributed by atoms with Crippen molar-refractivity contribution in [3.63, 3.8) is 0 Å². The molecule has 0 spiro atoms. The molecule has 28 heavy (non-hydrogen) atoms. The van der Waals surface area contributed by atoms with Crippen LogP contribution in [0.3, 0.4) is 0 Å². The van der Waals surface area contributed by atoms with Crippen molar-refractivity contribution in [1.29, 1.82) is 0 Å². The van der Waals surface area contributed by atoms with Gasteiger partial charge < -0.3 is 14.8 Å². The number of fused-ring (bicyclic) bond motifs is 1. The van der Waals surface area contributed by atoms with E-state index in [1.54, 1.807) is 7.11 Å². The molecular weight excluding hydrogens is 424 g/mol. The zero-order valence-electron chi connectivity index (χ0n) is 16.3. The fraction of sp³-hybridized carbons (Fsp3) is 0.765. The number of nitrogens with one attached hydrogen (secondary N) is 1. The van der Waals surface area contributed by atoms with Gasteiger partial charge in [0, 0.05) is 38.5 Å². The summed E-state index contributed by atoms with van der Waals surface area (Å²) >= 11 is 0.757. The molecule has 2 heterocycles. The van der Waals surface area contributed by atoms with Crippen LogP contribution in [0.2, 0.25) is 0 Å². The lowest BCUT2D eigenvalue weighted by atomic mass is 10.0. The first-order valence-electron chi connectivity index (χ1n) is 9.42. The molecule has 0 radical (unpaired) electrons. The molecule has 162 valence electrons. The predicted octanol–water partition coefficient (Wildman–Crippen LogP) is 1.82. The van der Waals surface area contributed by atoms with Crippen LogP contribution < -0.4 is 10.5 Å². The number of primary sulfonamides is 1. The van der Waals surface area contributed by atoms with Gasteiger partial charge in [-0.25, -0.2) is 22.0 Å². The molecular formula is C17H30N2O6S3. The largest absolute Gasteiger partial charge is 0.385 e. The Morgan fingerprint density at radius 3 is 2.64 bits per heavy atom. The maximum Gasteiger partial charge on any atom is 0.247 e. The zero-order valence-corrected chi connectivity index (χ0v) is 18.8. The third kappa shape index (κ3) is 5.97. The quantitative estimate of drug-likeness (QED) is 0.461.